The molecular formula is C11H14N4O2. The van der Waals surface area contributed by atoms with Crippen LogP contribution in [0.3, 0.4) is 0 Å². The SMILES string of the molecule is CCCC(CC(=O)O)Nc1nnccc1C#N. The second-order valence-corrected chi connectivity index (χ2v) is 3.63. The van der Waals surface area contributed by atoms with E-state index in [2.05, 4.69) is 15.5 Å². The van der Waals surface area contributed by atoms with E-state index in [1.54, 1.807) is 6.07 Å². The molecule has 1 rings (SSSR count). The van der Waals surface area contributed by atoms with Crippen molar-refractivity contribution in [2.75, 3.05) is 5.32 Å². The maximum atomic E-state index is 10.7. The largest absolute Gasteiger partial charge is 0.481 e. The van der Waals surface area contributed by atoms with Crippen molar-refractivity contribution < 1.29 is 9.90 Å². The Morgan fingerprint density at radius 3 is 3.06 bits per heavy atom. The highest BCUT2D eigenvalue weighted by molar-refractivity contribution is 5.68. The molecule has 0 aromatic carbocycles. The molecule has 1 aromatic heterocycles. The zero-order valence-electron chi connectivity index (χ0n) is 9.55. The predicted molar refractivity (Wildman–Crippen MR) is 61.3 cm³/mol. The number of nitrogens with one attached hydrogen (secondary N) is 1. The van der Waals surface area contributed by atoms with Crippen molar-refractivity contribution in [3.63, 3.8) is 0 Å². The fraction of sp³-hybridized carbons (Fsp3) is 0.455. The van der Waals surface area contributed by atoms with Gasteiger partial charge in [0.05, 0.1) is 18.2 Å². The van der Waals surface area contributed by atoms with E-state index < -0.39 is 5.97 Å². The minimum absolute atomic E-state index is 0.00468. The minimum Gasteiger partial charge on any atom is -0.481 e. The smallest absolute Gasteiger partial charge is 0.305 e. The van der Waals surface area contributed by atoms with Crippen molar-refractivity contribution in [3.05, 3.63) is 17.8 Å². The van der Waals surface area contributed by atoms with Gasteiger partial charge in [0.2, 0.25) is 0 Å². The van der Waals surface area contributed by atoms with Crippen LogP contribution in [0.15, 0.2) is 12.3 Å². The van der Waals surface area contributed by atoms with E-state index in [0.29, 0.717) is 17.8 Å². The minimum atomic E-state index is -0.877. The van der Waals surface area contributed by atoms with Crippen LogP contribution in [-0.4, -0.2) is 27.3 Å². The summed E-state index contributed by atoms with van der Waals surface area (Å²) in [6.07, 6.45) is 2.98. The molecule has 6 heteroatoms. The Hall–Kier alpha value is -2.16. The van der Waals surface area contributed by atoms with Gasteiger partial charge in [-0.2, -0.15) is 10.4 Å². The molecule has 17 heavy (non-hydrogen) atoms. The quantitative estimate of drug-likeness (QED) is 0.771. The van der Waals surface area contributed by atoms with Crippen LogP contribution in [0.1, 0.15) is 31.7 Å². The number of rotatable bonds is 6. The molecule has 0 spiro atoms. The molecule has 0 saturated heterocycles. The van der Waals surface area contributed by atoms with E-state index in [0.717, 1.165) is 6.42 Å². The maximum Gasteiger partial charge on any atom is 0.305 e. The van der Waals surface area contributed by atoms with Gasteiger partial charge in [-0.05, 0) is 12.5 Å². The average molecular weight is 234 g/mol. The van der Waals surface area contributed by atoms with Crippen LogP contribution in [0, 0.1) is 11.3 Å². The Balaban J connectivity index is 2.78. The topological polar surface area (TPSA) is 98.9 Å². The van der Waals surface area contributed by atoms with E-state index in [1.165, 1.54) is 6.20 Å². The molecule has 0 radical (unpaired) electrons. The van der Waals surface area contributed by atoms with Crippen molar-refractivity contribution in [1.82, 2.24) is 10.2 Å². The molecule has 0 bridgehead atoms. The summed E-state index contributed by atoms with van der Waals surface area (Å²) in [5.41, 5.74) is 0.367. The lowest BCUT2D eigenvalue weighted by molar-refractivity contribution is -0.137. The number of nitriles is 1. The molecule has 1 unspecified atom stereocenters. The van der Waals surface area contributed by atoms with Crippen LogP contribution in [0.2, 0.25) is 0 Å². The number of anilines is 1. The third kappa shape index (κ3) is 4.07. The summed E-state index contributed by atoms with van der Waals surface area (Å²) >= 11 is 0. The lowest BCUT2D eigenvalue weighted by Crippen LogP contribution is -2.24. The number of aromatic nitrogens is 2. The van der Waals surface area contributed by atoms with E-state index in [4.69, 9.17) is 10.4 Å². The molecule has 1 heterocycles. The lowest BCUT2D eigenvalue weighted by atomic mass is 10.1. The summed E-state index contributed by atoms with van der Waals surface area (Å²) in [6.45, 7) is 1.97. The average Bonchev–Trinajstić information content (AvgIpc) is 2.29. The predicted octanol–water partition coefficient (Wildman–Crippen LogP) is 1.40. The first-order valence-corrected chi connectivity index (χ1v) is 5.37. The van der Waals surface area contributed by atoms with Crippen molar-refractivity contribution in [2.24, 2.45) is 0 Å². The molecule has 1 aromatic rings. The molecular weight excluding hydrogens is 220 g/mol. The summed E-state index contributed by atoms with van der Waals surface area (Å²) in [5, 5.41) is 28.1. The third-order valence-corrected chi connectivity index (χ3v) is 2.24. The van der Waals surface area contributed by atoms with Gasteiger partial charge < -0.3 is 10.4 Å². The van der Waals surface area contributed by atoms with Gasteiger partial charge in [-0.25, -0.2) is 0 Å². The molecule has 1 atom stereocenters. The van der Waals surface area contributed by atoms with Crippen LogP contribution in [0.4, 0.5) is 5.82 Å². The highest BCUT2D eigenvalue weighted by atomic mass is 16.4. The van der Waals surface area contributed by atoms with Gasteiger partial charge in [-0.3, -0.25) is 4.79 Å². The second kappa shape index (κ2) is 6.43. The number of carboxylic acids is 1. The first-order chi connectivity index (χ1) is 8.17. The summed E-state index contributed by atoms with van der Waals surface area (Å²) in [4.78, 5) is 10.7. The van der Waals surface area contributed by atoms with Crippen LogP contribution in [0.5, 0.6) is 0 Å². The van der Waals surface area contributed by atoms with Crippen LogP contribution >= 0.6 is 0 Å². The van der Waals surface area contributed by atoms with Gasteiger partial charge in [0, 0.05) is 6.04 Å². The summed E-state index contributed by atoms with van der Waals surface area (Å²) in [5.74, 6) is -0.534. The van der Waals surface area contributed by atoms with Gasteiger partial charge in [0.25, 0.3) is 0 Å². The molecule has 0 saturated carbocycles. The maximum absolute atomic E-state index is 10.7. The van der Waals surface area contributed by atoms with E-state index in [1.807, 2.05) is 13.0 Å². The Morgan fingerprint density at radius 1 is 1.71 bits per heavy atom. The molecule has 6 nitrogen and oxygen atoms in total. The monoisotopic (exact) mass is 234 g/mol. The zero-order valence-corrected chi connectivity index (χ0v) is 9.55. The number of carboxylic acid groups (broad SMARTS) is 1. The Kier molecular flexibility index (Phi) is 4.88. The van der Waals surface area contributed by atoms with E-state index in [-0.39, 0.29) is 12.5 Å². The highest BCUT2D eigenvalue weighted by Crippen LogP contribution is 2.13. The Morgan fingerprint density at radius 2 is 2.47 bits per heavy atom. The van der Waals surface area contributed by atoms with Gasteiger partial charge in [0.15, 0.2) is 5.82 Å². The fourth-order valence-electron chi connectivity index (χ4n) is 1.51. The number of hydrogen-bond acceptors (Lipinski definition) is 5. The molecule has 0 aliphatic carbocycles. The van der Waals surface area contributed by atoms with E-state index in [9.17, 15) is 4.79 Å². The molecule has 0 aliphatic rings. The van der Waals surface area contributed by atoms with Gasteiger partial charge in [-0.15, -0.1) is 5.10 Å². The number of hydrogen-bond donors (Lipinski definition) is 2. The molecule has 0 fully saturated rings. The normalized spacial score (nSPS) is 11.5. The van der Waals surface area contributed by atoms with Crippen LogP contribution < -0.4 is 5.32 Å². The van der Waals surface area contributed by atoms with Crippen molar-refractivity contribution in [2.45, 2.75) is 32.2 Å². The van der Waals surface area contributed by atoms with Crippen molar-refractivity contribution >= 4 is 11.8 Å². The molecule has 0 aliphatic heterocycles. The number of carbonyl (C=O) groups is 1. The Bertz CT molecular complexity index is 428. The first kappa shape index (κ1) is 12.9. The summed E-state index contributed by atoms with van der Waals surface area (Å²) in [6, 6.07) is 3.29. The second-order valence-electron chi connectivity index (χ2n) is 3.63. The fourth-order valence-corrected chi connectivity index (χ4v) is 1.51. The van der Waals surface area contributed by atoms with Crippen LogP contribution in [0.25, 0.3) is 0 Å². The summed E-state index contributed by atoms with van der Waals surface area (Å²) in [7, 11) is 0. The van der Waals surface area contributed by atoms with Crippen molar-refractivity contribution in [3.8, 4) is 6.07 Å². The number of aliphatic carboxylic acids is 1. The summed E-state index contributed by atoms with van der Waals surface area (Å²) < 4.78 is 0. The Labute approximate surface area is 99.3 Å². The number of nitrogens with zero attached hydrogens (tertiary/aromatic N) is 3. The zero-order chi connectivity index (χ0) is 12.7. The molecule has 90 valence electrons. The first-order valence-electron chi connectivity index (χ1n) is 5.37. The molecule has 2 N–H and O–H groups in total. The highest BCUT2D eigenvalue weighted by Gasteiger charge is 2.14. The van der Waals surface area contributed by atoms with Gasteiger partial charge in [0.1, 0.15) is 6.07 Å². The van der Waals surface area contributed by atoms with Crippen LogP contribution in [-0.2, 0) is 4.79 Å². The van der Waals surface area contributed by atoms with E-state index >= 15 is 0 Å². The standard InChI is InChI=1S/C11H14N4O2/c1-2-3-9(6-10(16)17)14-11-8(7-12)4-5-13-15-11/h4-5,9H,2-3,6H2,1H3,(H,14,15)(H,16,17). The third-order valence-electron chi connectivity index (χ3n) is 2.24. The molecule has 0 amide bonds. The van der Waals surface area contributed by atoms with Gasteiger partial charge in [-0.1, -0.05) is 13.3 Å². The van der Waals surface area contributed by atoms with Crippen molar-refractivity contribution in [1.29, 1.82) is 5.26 Å². The lowest BCUT2D eigenvalue weighted by Gasteiger charge is -2.16. The van der Waals surface area contributed by atoms with Gasteiger partial charge >= 0.3 is 5.97 Å².